The summed E-state index contributed by atoms with van der Waals surface area (Å²) in [5.41, 5.74) is 0.202. The summed E-state index contributed by atoms with van der Waals surface area (Å²) in [5.74, 6) is -0.198. The number of nitriles is 1. The number of amides is 1. The third-order valence-corrected chi connectivity index (χ3v) is 2.90. The van der Waals surface area contributed by atoms with Crippen LogP contribution >= 0.6 is 0 Å². The van der Waals surface area contributed by atoms with E-state index in [9.17, 15) is 4.79 Å². The second-order valence-corrected chi connectivity index (χ2v) is 4.16. The zero-order valence-corrected chi connectivity index (χ0v) is 10.2. The van der Waals surface area contributed by atoms with Crippen molar-refractivity contribution >= 4 is 5.91 Å². The van der Waals surface area contributed by atoms with Gasteiger partial charge >= 0.3 is 0 Å². The molecule has 0 aliphatic rings. The minimum atomic E-state index is -0.918. The number of carbonyl (C=O) groups excluding carboxylic acids is 1. The van der Waals surface area contributed by atoms with Crippen LogP contribution in [0.25, 0.3) is 0 Å². The van der Waals surface area contributed by atoms with Crippen LogP contribution in [-0.2, 0) is 11.2 Å². The molecule has 1 aromatic rings. The number of carbonyl (C=O) groups is 1. The van der Waals surface area contributed by atoms with Gasteiger partial charge in [0.1, 0.15) is 5.41 Å². The summed E-state index contributed by atoms with van der Waals surface area (Å²) < 4.78 is 0. The Balaban J connectivity index is 2.42. The van der Waals surface area contributed by atoms with E-state index in [0.717, 1.165) is 12.0 Å². The highest BCUT2D eigenvalue weighted by molar-refractivity contribution is 5.84. The molecule has 1 aromatic heterocycles. The zero-order valence-electron chi connectivity index (χ0n) is 10.2. The molecule has 0 spiro atoms. The molecular formula is C13H17N3O. The number of nitrogens with zero attached hydrogens (tertiary/aromatic N) is 2. The number of hydrogen-bond acceptors (Lipinski definition) is 3. The summed E-state index contributed by atoms with van der Waals surface area (Å²) in [5, 5.41) is 11.7. The summed E-state index contributed by atoms with van der Waals surface area (Å²) >= 11 is 0. The first-order chi connectivity index (χ1) is 8.12. The van der Waals surface area contributed by atoms with Crippen LogP contribution in [0.1, 0.15) is 25.8 Å². The molecule has 1 atom stereocenters. The SMILES string of the molecule is CCC(C)(C#N)C(=O)NCCc1ccncc1. The second-order valence-electron chi connectivity index (χ2n) is 4.16. The maximum absolute atomic E-state index is 11.8. The maximum Gasteiger partial charge on any atom is 0.240 e. The fraction of sp³-hybridized carbons (Fsp3) is 0.462. The van der Waals surface area contributed by atoms with Crippen molar-refractivity contribution in [3.63, 3.8) is 0 Å². The molecule has 0 radical (unpaired) electrons. The highest BCUT2D eigenvalue weighted by Crippen LogP contribution is 2.19. The van der Waals surface area contributed by atoms with Crippen LogP contribution in [0.3, 0.4) is 0 Å². The van der Waals surface area contributed by atoms with Gasteiger partial charge in [0.25, 0.3) is 0 Å². The third-order valence-electron chi connectivity index (χ3n) is 2.90. The molecule has 90 valence electrons. The largest absolute Gasteiger partial charge is 0.354 e. The second kappa shape index (κ2) is 6.00. The Labute approximate surface area is 102 Å². The Hall–Kier alpha value is -1.89. The smallest absolute Gasteiger partial charge is 0.240 e. The van der Waals surface area contributed by atoms with Crippen molar-refractivity contribution in [1.82, 2.24) is 10.3 Å². The summed E-state index contributed by atoms with van der Waals surface area (Å²) in [6.07, 6.45) is 4.72. The quantitative estimate of drug-likeness (QED) is 0.838. The lowest BCUT2D eigenvalue weighted by Crippen LogP contribution is -2.38. The molecule has 1 unspecified atom stereocenters. The van der Waals surface area contributed by atoms with Gasteiger partial charge in [-0.3, -0.25) is 9.78 Å². The Bertz CT molecular complexity index is 410. The summed E-state index contributed by atoms with van der Waals surface area (Å²) in [7, 11) is 0. The van der Waals surface area contributed by atoms with Crippen molar-refractivity contribution in [3.05, 3.63) is 30.1 Å². The molecular weight excluding hydrogens is 214 g/mol. The first kappa shape index (κ1) is 13.2. The number of nitrogens with one attached hydrogen (secondary N) is 1. The topological polar surface area (TPSA) is 65.8 Å². The summed E-state index contributed by atoms with van der Waals surface area (Å²) in [4.78, 5) is 15.7. The predicted octanol–water partition coefficient (Wildman–Crippen LogP) is 1.68. The van der Waals surface area contributed by atoms with E-state index in [-0.39, 0.29) is 5.91 Å². The molecule has 4 nitrogen and oxygen atoms in total. The average molecular weight is 231 g/mol. The van der Waals surface area contributed by atoms with Gasteiger partial charge in [-0.1, -0.05) is 6.92 Å². The lowest BCUT2D eigenvalue weighted by atomic mass is 9.88. The van der Waals surface area contributed by atoms with E-state index in [1.54, 1.807) is 19.3 Å². The molecule has 0 aromatic carbocycles. The number of pyridine rings is 1. The Morgan fingerprint density at radius 2 is 2.18 bits per heavy atom. The summed E-state index contributed by atoms with van der Waals surface area (Å²) in [6.45, 7) is 4.04. The molecule has 0 bridgehead atoms. The molecule has 4 heteroatoms. The van der Waals surface area contributed by atoms with Crippen molar-refractivity contribution in [3.8, 4) is 6.07 Å². The van der Waals surface area contributed by atoms with E-state index >= 15 is 0 Å². The number of rotatable bonds is 5. The first-order valence-electron chi connectivity index (χ1n) is 5.71. The van der Waals surface area contributed by atoms with Gasteiger partial charge in [-0.05, 0) is 37.5 Å². The molecule has 0 aliphatic heterocycles. The van der Waals surface area contributed by atoms with Crippen LogP contribution in [0.5, 0.6) is 0 Å². The van der Waals surface area contributed by atoms with Crippen LogP contribution in [-0.4, -0.2) is 17.4 Å². The van der Waals surface area contributed by atoms with Gasteiger partial charge in [-0.25, -0.2) is 0 Å². The lowest BCUT2D eigenvalue weighted by molar-refractivity contribution is -0.127. The van der Waals surface area contributed by atoms with Crippen LogP contribution in [0.4, 0.5) is 0 Å². The Kier molecular flexibility index (Phi) is 4.65. The molecule has 0 saturated carbocycles. The van der Waals surface area contributed by atoms with Gasteiger partial charge in [-0.2, -0.15) is 5.26 Å². The molecule has 17 heavy (non-hydrogen) atoms. The molecule has 1 N–H and O–H groups in total. The van der Waals surface area contributed by atoms with Gasteiger partial charge in [0, 0.05) is 18.9 Å². The van der Waals surface area contributed by atoms with Crippen molar-refractivity contribution in [1.29, 1.82) is 5.26 Å². The Morgan fingerprint density at radius 3 is 2.71 bits per heavy atom. The van der Waals surface area contributed by atoms with Crippen molar-refractivity contribution < 1.29 is 4.79 Å². The number of hydrogen-bond donors (Lipinski definition) is 1. The van der Waals surface area contributed by atoms with E-state index < -0.39 is 5.41 Å². The van der Waals surface area contributed by atoms with Gasteiger partial charge < -0.3 is 5.32 Å². The zero-order chi connectivity index (χ0) is 12.7. The van der Waals surface area contributed by atoms with E-state index in [2.05, 4.69) is 16.4 Å². The predicted molar refractivity (Wildman–Crippen MR) is 65.0 cm³/mol. The minimum absolute atomic E-state index is 0.198. The van der Waals surface area contributed by atoms with Crippen LogP contribution < -0.4 is 5.32 Å². The van der Waals surface area contributed by atoms with E-state index in [0.29, 0.717) is 13.0 Å². The van der Waals surface area contributed by atoms with Gasteiger partial charge in [0.2, 0.25) is 5.91 Å². The van der Waals surface area contributed by atoms with E-state index in [1.165, 1.54) is 0 Å². The summed E-state index contributed by atoms with van der Waals surface area (Å²) in [6, 6.07) is 5.88. The average Bonchev–Trinajstić information content (AvgIpc) is 2.39. The van der Waals surface area contributed by atoms with Gasteiger partial charge in [0.15, 0.2) is 0 Å². The van der Waals surface area contributed by atoms with E-state index in [1.807, 2.05) is 19.1 Å². The van der Waals surface area contributed by atoms with Gasteiger partial charge in [-0.15, -0.1) is 0 Å². The molecule has 0 saturated heterocycles. The van der Waals surface area contributed by atoms with Crippen molar-refractivity contribution in [2.45, 2.75) is 26.7 Å². The highest BCUT2D eigenvalue weighted by Gasteiger charge is 2.30. The van der Waals surface area contributed by atoms with E-state index in [4.69, 9.17) is 5.26 Å². The normalized spacial score (nSPS) is 13.5. The fourth-order valence-corrected chi connectivity index (χ4v) is 1.36. The molecule has 0 aliphatic carbocycles. The monoisotopic (exact) mass is 231 g/mol. The van der Waals surface area contributed by atoms with Crippen LogP contribution in [0, 0.1) is 16.7 Å². The highest BCUT2D eigenvalue weighted by atomic mass is 16.2. The standard InChI is InChI=1S/C13H17N3O/c1-3-13(2,10-14)12(17)16-9-6-11-4-7-15-8-5-11/h4-5,7-8H,3,6,9H2,1-2H3,(H,16,17). The van der Waals surface area contributed by atoms with Crippen molar-refractivity contribution in [2.75, 3.05) is 6.54 Å². The molecule has 1 amide bonds. The minimum Gasteiger partial charge on any atom is -0.354 e. The number of aromatic nitrogens is 1. The van der Waals surface area contributed by atoms with Crippen LogP contribution in [0.2, 0.25) is 0 Å². The molecule has 1 heterocycles. The lowest BCUT2D eigenvalue weighted by Gasteiger charge is -2.18. The van der Waals surface area contributed by atoms with Crippen LogP contribution in [0.15, 0.2) is 24.5 Å². The molecule has 0 fully saturated rings. The maximum atomic E-state index is 11.8. The van der Waals surface area contributed by atoms with Crippen molar-refractivity contribution in [2.24, 2.45) is 5.41 Å². The third kappa shape index (κ3) is 3.56. The first-order valence-corrected chi connectivity index (χ1v) is 5.71. The molecule has 1 rings (SSSR count). The Morgan fingerprint density at radius 1 is 1.53 bits per heavy atom. The fourth-order valence-electron chi connectivity index (χ4n) is 1.36. The van der Waals surface area contributed by atoms with Gasteiger partial charge in [0.05, 0.1) is 6.07 Å².